The van der Waals surface area contributed by atoms with E-state index in [9.17, 15) is 13.6 Å². The summed E-state index contributed by atoms with van der Waals surface area (Å²) in [6.07, 6.45) is 1.88. The maximum absolute atomic E-state index is 13.5. The number of aromatic amines is 1. The number of anilines is 1. The van der Waals surface area contributed by atoms with Crippen molar-refractivity contribution in [3.05, 3.63) is 47.3 Å². The Kier molecular flexibility index (Phi) is 6.20. The highest BCUT2D eigenvalue weighted by molar-refractivity contribution is 5.87. The Hall–Kier alpha value is -2.44. The van der Waals surface area contributed by atoms with Gasteiger partial charge in [0.2, 0.25) is 11.8 Å². The first kappa shape index (κ1) is 22.2. The number of hydrogen-bond acceptors (Lipinski definition) is 3. The summed E-state index contributed by atoms with van der Waals surface area (Å²) in [5, 5.41) is 9.98. The van der Waals surface area contributed by atoms with Gasteiger partial charge in [0.15, 0.2) is 0 Å². The molecule has 1 aromatic heterocycles. The van der Waals surface area contributed by atoms with Gasteiger partial charge in [-0.25, -0.2) is 8.78 Å². The van der Waals surface area contributed by atoms with Crippen LogP contribution < -0.4 is 10.2 Å². The molecule has 0 radical (unpaired) electrons. The molecule has 1 aliphatic carbocycles. The van der Waals surface area contributed by atoms with Crippen LogP contribution in [0.5, 0.6) is 0 Å². The van der Waals surface area contributed by atoms with Crippen molar-refractivity contribution in [2.75, 3.05) is 11.9 Å². The summed E-state index contributed by atoms with van der Waals surface area (Å²) in [4.78, 5) is 15.2. The number of nitrogens with zero attached hydrogens (tertiary/aromatic N) is 2. The third-order valence-corrected chi connectivity index (χ3v) is 6.00. The SMILES string of the molecule is Cc1[nH]ncc1C(C(=O)NC1CCC(F)(F)CC1)N(C)c1ccc(C(C)(C)C)cc1. The molecular weight excluding hydrogens is 386 g/mol. The second kappa shape index (κ2) is 8.36. The number of halogens is 2. The van der Waals surface area contributed by atoms with Gasteiger partial charge < -0.3 is 10.2 Å². The van der Waals surface area contributed by atoms with Gasteiger partial charge in [-0.3, -0.25) is 9.89 Å². The molecule has 1 aliphatic rings. The van der Waals surface area contributed by atoms with Crippen molar-refractivity contribution in [1.29, 1.82) is 0 Å². The number of hydrogen-bond donors (Lipinski definition) is 2. The van der Waals surface area contributed by atoms with Crippen LogP contribution in [-0.4, -0.2) is 35.1 Å². The van der Waals surface area contributed by atoms with Crippen LogP contribution in [0.3, 0.4) is 0 Å². The van der Waals surface area contributed by atoms with Gasteiger partial charge >= 0.3 is 0 Å². The van der Waals surface area contributed by atoms with Gasteiger partial charge in [0, 0.05) is 42.9 Å². The van der Waals surface area contributed by atoms with E-state index in [1.807, 2.05) is 31.0 Å². The van der Waals surface area contributed by atoms with Crippen molar-refractivity contribution < 1.29 is 13.6 Å². The van der Waals surface area contributed by atoms with Gasteiger partial charge in [0.1, 0.15) is 6.04 Å². The van der Waals surface area contributed by atoms with Crippen LogP contribution in [0.15, 0.2) is 30.5 Å². The molecule has 164 valence electrons. The molecule has 5 nitrogen and oxygen atoms in total. The van der Waals surface area contributed by atoms with Gasteiger partial charge in [-0.05, 0) is 42.9 Å². The van der Waals surface area contributed by atoms with Crippen LogP contribution in [0.4, 0.5) is 14.5 Å². The van der Waals surface area contributed by atoms with Crippen molar-refractivity contribution in [3.8, 4) is 0 Å². The number of H-pyrrole nitrogens is 1. The van der Waals surface area contributed by atoms with Gasteiger partial charge in [0.25, 0.3) is 0 Å². The number of benzene rings is 1. The monoisotopic (exact) mass is 418 g/mol. The number of aromatic nitrogens is 2. The molecule has 2 N–H and O–H groups in total. The van der Waals surface area contributed by atoms with E-state index >= 15 is 0 Å². The van der Waals surface area contributed by atoms with E-state index in [4.69, 9.17) is 0 Å². The van der Waals surface area contributed by atoms with E-state index < -0.39 is 12.0 Å². The zero-order valence-corrected chi connectivity index (χ0v) is 18.4. The summed E-state index contributed by atoms with van der Waals surface area (Å²) in [6.45, 7) is 8.35. The zero-order chi connectivity index (χ0) is 22.1. The molecule has 0 saturated heterocycles. The summed E-state index contributed by atoms with van der Waals surface area (Å²) < 4.78 is 27.0. The van der Waals surface area contributed by atoms with E-state index in [1.54, 1.807) is 6.20 Å². The highest BCUT2D eigenvalue weighted by Gasteiger charge is 2.37. The Bertz CT molecular complexity index is 860. The number of alkyl halides is 2. The van der Waals surface area contributed by atoms with E-state index in [-0.39, 0.29) is 30.2 Å². The molecule has 1 heterocycles. The summed E-state index contributed by atoms with van der Waals surface area (Å²) in [5.74, 6) is -2.81. The Labute approximate surface area is 177 Å². The van der Waals surface area contributed by atoms with Crippen LogP contribution in [0.2, 0.25) is 0 Å². The lowest BCUT2D eigenvalue weighted by atomic mass is 9.87. The van der Waals surface area contributed by atoms with Gasteiger partial charge in [-0.15, -0.1) is 0 Å². The van der Waals surface area contributed by atoms with E-state index in [0.29, 0.717) is 12.8 Å². The highest BCUT2D eigenvalue weighted by Crippen LogP contribution is 2.34. The fourth-order valence-corrected chi connectivity index (χ4v) is 3.97. The minimum atomic E-state index is -2.62. The lowest BCUT2D eigenvalue weighted by molar-refractivity contribution is -0.124. The first-order chi connectivity index (χ1) is 14.0. The first-order valence-electron chi connectivity index (χ1n) is 10.5. The average molecular weight is 419 g/mol. The molecule has 3 rings (SSSR count). The average Bonchev–Trinajstić information content (AvgIpc) is 3.08. The number of amides is 1. The summed E-state index contributed by atoms with van der Waals surface area (Å²) in [7, 11) is 1.87. The van der Waals surface area contributed by atoms with Crippen LogP contribution >= 0.6 is 0 Å². The van der Waals surface area contributed by atoms with Crippen molar-refractivity contribution in [3.63, 3.8) is 0 Å². The minimum absolute atomic E-state index is 0.0398. The van der Waals surface area contributed by atoms with Crippen molar-refractivity contribution in [2.24, 2.45) is 0 Å². The molecule has 1 saturated carbocycles. The number of carbonyl (C=O) groups is 1. The Balaban J connectivity index is 1.82. The Morgan fingerprint density at radius 2 is 1.83 bits per heavy atom. The molecule has 1 atom stereocenters. The Morgan fingerprint density at radius 3 is 2.33 bits per heavy atom. The molecule has 0 bridgehead atoms. The molecule has 1 unspecified atom stereocenters. The second-order valence-corrected chi connectivity index (χ2v) is 9.40. The van der Waals surface area contributed by atoms with Crippen LogP contribution in [0, 0.1) is 6.92 Å². The molecule has 0 aliphatic heterocycles. The summed E-state index contributed by atoms with van der Waals surface area (Å²) in [5.41, 5.74) is 3.74. The third kappa shape index (κ3) is 4.99. The molecule has 1 fully saturated rings. The number of nitrogens with one attached hydrogen (secondary N) is 2. The van der Waals surface area contributed by atoms with E-state index in [1.165, 1.54) is 5.56 Å². The number of aryl methyl sites for hydroxylation is 1. The van der Waals surface area contributed by atoms with Crippen LogP contribution in [0.25, 0.3) is 0 Å². The molecule has 30 heavy (non-hydrogen) atoms. The molecule has 1 amide bonds. The lowest BCUT2D eigenvalue weighted by Crippen LogP contribution is -2.46. The lowest BCUT2D eigenvalue weighted by Gasteiger charge is -2.33. The Morgan fingerprint density at radius 1 is 1.23 bits per heavy atom. The fraction of sp³-hybridized carbons (Fsp3) is 0.565. The molecule has 0 spiro atoms. The van der Waals surface area contributed by atoms with Crippen molar-refractivity contribution >= 4 is 11.6 Å². The zero-order valence-electron chi connectivity index (χ0n) is 18.4. The number of likely N-dealkylation sites (N-methyl/N-ethyl adjacent to an activating group) is 1. The summed E-state index contributed by atoms with van der Waals surface area (Å²) in [6, 6.07) is 7.34. The number of carbonyl (C=O) groups excluding carboxylic acids is 1. The van der Waals surface area contributed by atoms with Gasteiger partial charge in [-0.1, -0.05) is 32.9 Å². The standard InChI is InChI=1S/C23H32F2N4O/c1-15-19(14-26-28-15)20(21(30)27-17-10-12-23(24,25)13-11-17)29(5)18-8-6-16(7-9-18)22(2,3)4/h6-9,14,17,20H,10-13H2,1-5H3,(H,26,28)(H,27,30). The van der Waals surface area contributed by atoms with E-state index in [2.05, 4.69) is 48.4 Å². The molecular formula is C23H32F2N4O. The van der Waals surface area contributed by atoms with Crippen LogP contribution in [0.1, 0.15) is 69.3 Å². The van der Waals surface area contributed by atoms with Crippen molar-refractivity contribution in [2.45, 2.75) is 76.8 Å². The third-order valence-electron chi connectivity index (χ3n) is 6.00. The highest BCUT2D eigenvalue weighted by atomic mass is 19.3. The van der Waals surface area contributed by atoms with Crippen LogP contribution in [-0.2, 0) is 10.2 Å². The van der Waals surface area contributed by atoms with Gasteiger partial charge in [-0.2, -0.15) is 5.10 Å². The maximum atomic E-state index is 13.5. The van der Waals surface area contributed by atoms with Gasteiger partial charge in [0.05, 0.1) is 6.20 Å². The topological polar surface area (TPSA) is 61.0 Å². The maximum Gasteiger partial charge on any atom is 0.248 e. The number of rotatable bonds is 5. The quantitative estimate of drug-likeness (QED) is 0.727. The molecule has 7 heteroatoms. The smallest absolute Gasteiger partial charge is 0.248 e. The minimum Gasteiger partial charge on any atom is -0.359 e. The molecule has 2 aromatic rings. The largest absolute Gasteiger partial charge is 0.359 e. The predicted octanol–water partition coefficient (Wildman–Crippen LogP) is 4.89. The normalized spacial score (nSPS) is 18.1. The van der Waals surface area contributed by atoms with E-state index in [0.717, 1.165) is 16.9 Å². The summed E-state index contributed by atoms with van der Waals surface area (Å²) >= 11 is 0. The fourth-order valence-electron chi connectivity index (χ4n) is 3.97. The molecule has 1 aromatic carbocycles. The predicted molar refractivity (Wildman–Crippen MR) is 115 cm³/mol. The van der Waals surface area contributed by atoms with Crippen molar-refractivity contribution in [1.82, 2.24) is 15.5 Å². The first-order valence-corrected chi connectivity index (χ1v) is 10.5. The second-order valence-electron chi connectivity index (χ2n) is 9.40.